The van der Waals surface area contributed by atoms with Crippen molar-refractivity contribution in [3.05, 3.63) is 59.2 Å². The van der Waals surface area contributed by atoms with Gasteiger partial charge in [0, 0.05) is 0 Å². The van der Waals surface area contributed by atoms with Gasteiger partial charge in [-0.1, -0.05) is 18.2 Å². The highest BCUT2D eigenvalue weighted by Gasteiger charge is 2.41. The van der Waals surface area contributed by atoms with Gasteiger partial charge in [-0.3, -0.25) is 19.3 Å². The lowest BCUT2D eigenvalue weighted by molar-refractivity contribution is -0.118. The Bertz CT molecular complexity index is 962. The van der Waals surface area contributed by atoms with Gasteiger partial charge in [-0.25, -0.2) is 0 Å². The molecule has 1 aliphatic heterocycles. The highest BCUT2D eigenvalue weighted by atomic mass is 16.5. The smallest absolute Gasteiger partial charge is 0.262 e. The maximum Gasteiger partial charge on any atom is 0.262 e. The molecule has 2 aromatic rings. The summed E-state index contributed by atoms with van der Waals surface area (Å²) >= 11 is 0. The van der Waals surface area contributed by atoms with Crippen LogP contribution < -0.4 is 15.2 Å². The zero-order valence-electron chi connectivity index (χ0n) is 16.8. The van der Waals surface area contributed by atoms with Crippen LogP contribution in [0.2, 0.25) is 0 Å². The Morgan fingerprint density at radius 1 is 1.07 bits per heavy atom. The Balaban J connectivity index is 1.72. The number of nitrogens with two attached hydrogens (primary N) is 1. The third kappa shape index (κ3) is 3.63. The molecule has 0 aromatic heterocycles. The highest BCUT2D eigenvalue weighted by Crippen LogP contribution is 2.38. The fourth-order valence-electron chi connectivity index (χ4n) is 4.22. The average Bonchev–Trinajstić information content (AvgIpc) is 3.33. The van der Waals surface area contributed by atoms with Crippen molar-refractivity contribution in [3.63, 3.8) is 0 Å². The van der Waals surface area contributed by atoms with E-state index in [-0.39, 0.29) is 12.5 Å². The molecule has 0 unspecified atom stereocenters. The summed E-state index contributed by atoms with van der Waals surface area (Å²) in [6.45, 7) is 0. The lowest BCUT2D eigenvalue weighted by atomic mass is 10.0. The number of hydrogen-bond acceptors (Lipinski definition) is 5. The zero-order valence-corrected chi connectivity index (χ0v) is 16.8. The molecule has 1 saturated carbocycles. The monoisotopic (exact) mass is 408 g/mol. The van der Waals surface area contributed by atoms with E-state index in [1.807, 2.05) is 0 Å². The van der Waals surface area contributed by atoms with Gasteiger partial charge in [0.1, 0.15) is 0 Å². The number of carbonyl (C=O) groups is 3. The molecule has 3 amide bonds. The normalized spacial score (nSPS) is 17.2. The number of imide groups is 1. The van der Waals surface area contributed by atoms with Gasteiger partial charge in [0.2, 0.25) is 5.91 Å². The van der Waals surface area contributed by atoms with Gasteiger partial charge in [0.15, 0.2) is 11.5 Å². The van der Waals surface area contributed by atoms with E-state index in [0.29, 0.717) is 28.2 Å². The number of carbonyl (C=O) groups excluding carboxylic acids is 3. The number of methoxy groups -OCH3 is 1. The summed E-state index contributed by atoms with van der Waals surface area (Å²) in [7, 11) is 1.56. The Morgan fingerprint density at radius 3 is 2.27 bits per heavy atom. The van der Waals surface area contributed by atoms with Crippen molar-refractivity contribution < 1.29 is 23.9 Å². The van der Waals surface area contributed by atoms with Crippen LogP contribution in [0.25, 0.3) is 0 Å². The number of nitrogens with zero attached hydrogens (tertiary/aromatic N) is 1. The number of fused-ring (bicyclic) bond motifs is 1. The molecule has 0 spiro atoms. The van der Waals surface area contributed by atoms with E-state index in [1.165, 1.54) is 0 Å². The van der Waals surface area contributed by atoms with Crippen molar-refractivity contribution in [1.82, 2.24) is 4.90 Å². The van der Waals surface area contributed by atoms with Crippen LogP contribution in [0, 0.1) is 0 Å². The fraction of sp³-hybridized carbons (Fsp3) is 0.348. The quantitative estimate of drug-likeness (QED) is 0.709. The largest absolute Gasteiger partial charge is 0.493 e. The van der Waals surface area contributed by atoms with E-state index in [2.05, 4.69) is 0 Å². The first kappa shape index (κ1) is 19.9. The van der Waals surface area contributed by atoms with Gasteiger partial charge in [-0.2, -0.15) is 0 Å². The van der Waals surface area contributed by atoms with Gasteiger partial charge in [0.25, 0.3) is 11.8 Å². The molecule has 2 aliphatic rings. The Labute approximate surface area is 174 Å². The lowest BCUT2D eigenvalue weighted by Crippen LogP contribution is -2.36. The van der Waals surface area contributed by atoms with E-state index in [4.69, 9.17) is 15.2 Å². The molecular formula is C23H24N2O5. The molecule has 2 N–H and O–H groups in total. The number of benzene rings is 2. The van der Waals surface area contributed by atoms with Crippen molar-refractivity contribution in [2.45, 2.75) is 44.2 Å². The number of rotatable bonds is 7. The van der Waals surface area contributed by atoms with E-state index in [9.17, 15) is 14.4 Å². The van der Waals surface area contributed by atoms with E-state index in [1.54, 1.807) is 49.6 Å². The van der Waals surface area contributed by atoms with E-state index >= 15 is 0 Å². The molecule has 4 rings (SSSR count). The molecule has 0 radical (unpaired) electrons. The van der Waals surface area contributed by atoms with Crippen LogP contribution in [0.5, 0.6) is 11.5 Å². The van der Waals surface area contributed by atoms with Crippen LogP contribution >= 0.6 is 0 Å². The number of amides is 3. The van der Waals surface area contributed by atoms with Gasteiger partial charge in [-0.05, 0) is 55.5 Å². The second kappa shape index (κ2) is 8.18. The molecule has 1 fully saturated rings. The predicted octanol–water partition coefficient (Wildman–Crippen LogP) is 3.23. The molecular weight excluding hydrogens is 384 g/mol. The van der Waals surface area contributed by atoms with E-state index in [0.717, 1.165) is 30.6 Å². The molecule has 1 aliphatic carbocycles. The van der Waals surface area contributed by atoms with Crippen molar-refractivity contribution in [2.24, 2.45) is 5.73 Å². The highest BCUT2D eigenvalue weighted by molar-refractivity contribution is 6.21. The summed E-state index contributed by atoms with van der Waals surface area (Å²) in [5, 5.41) is 0. The van der Waals surface area contributed by atoms with Crippen molar-refractivity contribution in [3.8, 4) is 11.5 Å². The lowest BCUT2D eigenvalue weighted by Gasteiger charge is -2.27. The van der Waals surface area contributed by atoms with Gasteiger partial charge < -0.3 is 15.2 Å². The Hall–Kier alpha value is -3.35. The molecule has 156 valence electrons. The van der Waals surface area contributed by atoms with E-state index < -0.39 is 23.8 Å². The second-order valence-corrected chi connectivity index (χ2v) is 7.65. The topological polar surface area (TPSA) is 98.9 Å². The number of primary amides is 1. The Morgan fingerprint density at radius 2 is 1.70 bits per heavy atom. The maximum absolute atomic E-state index is 13.0. The first-order chi connectivity index (χ1) is 14.5. The van der Waals surface area contributed by atoms with Crippen LogP contribution in [0.4, 0.5) is 0 Å². The minimum absolute atomic E-state index is 0.100. The molecule has 0 bridgehead atoms. The van der Waals surface area contributed by atoms with Crippen molar-refractivity contribution >= 4 is 17.7 Å². The summed E-state index contributed by atoms with van der Waals surface area (Å²) in [6, 6.07) is 11.0. The summed E-state index contributed by atoms with van der Waals surface area (Å²) in [6.07, 6.45) is 4.09. The third-order valence-corrected chi connectivity index (χ3v) is 5.70. The van der Waals surface area contributed by atoms with Crippen LogP contribution in [0.15, 0.2) is 42.5 Å². The van der Waals surface area contributed by atoms with Gasteiger partial charge in [0.05, 0.1) is 36.8 Å². The fourth-order valence-corrected chi connectivity index (χ4v) is 4.22. The van der Waals surface area contributed by atoms with Crippen molar-refractivity contribution in [2.75, 3.05) is 7.11 Å². The average molecular weight is 408 g/mol. The SMILES string of the molecule is COc1ccc([C@@H](CC(N)=O)N2C(=O)c3ccccc3C2=O)cc1OC1CCCC1. The molecule has 1 heterocycles. The Kier molecular flexibility index (Phi) is 5.44. The first-order valence-corrected chi connectivity index (χ1v) is 10.1. The minimum Gasteiger partial charge on any atom is -0.493 e. The summed E-state index contributed by atoms with van der Waals surface area (Å²) in [5.74, 6) is -0.378. The minimum atomic E-state index is -0.827. The molecule has 1 atom stereocenters. The number of hydrogen-bond donors (Lipinski definition) is 1. The molecule has 7 heteroatoms. The van der Waals surface area contributed by atoms with Crippen LogP contribution in [0.1, 0.15) is 64.4 Å². The predicted molar refractivity (Wildman–Crippen MR) is 109 cm³/mol. The van der Waals surface area contributed by atoms with Gasteiger partial charge in [-0.15, -0.1) is 0 Å². The molecule has 0 saturated heterocycles. The van der Waals surface area contributed by atoms with Crippen molar-refractivity contribution in [1.29, 1.82) is 0 Å². The third-order valence-electron chi connectivity index (χ3n) is 5.70. The van der Waals surface area contributed by atoms with Crippen LogP contribution in [0.3, 0.4) is 0 Å². The summed E-state index contributed by atoms with van der Waals surface area (Å²) in [5.41, 5.74) is 6.72. The van der Waals surface area contributed by atoms with Crippen LogP contribution in [-0.2, 0) is 4.79 Å². The first-order valence-electron chi connectivity index (χ1n) is 10.1. The van der Waals surface area contributed by atoms with Gasteiger partial charge >= 0.3 is 0 Å². The second-order valence-electron chi connectivity index (χ2n) is 7.65. The molecule has 2 aromatic carbocycles. The van der Waals surface area contributed by atoms with Crippen LogP contribution in [-0.4, -0.2) is 35.8 Å². The molecule has 30 heavy (non-hydrogen) atoms. The molecule has 7 nitrogen and oxygen atoms in total. The summed E-state index contributed by atoms with van der Waals surface area (Å²) in [4.78, 5) is 38.9. The summed E-state index contributed by atoms with van der Waals surface area (Å²) < 4.78 is 11.6. The maximum atomic E-state index is 13.0. The zero-order chi connectivity index (χ0) is 21.3. The number of ether oxygens (including phenoxy) is 2. The standard InChI is InChI=1S/C23H24N2O5/c1-29-19-11-10-14(12-20(19)30-15-6-2-3-7-15)18(13-21(24)26)25-22(27)16-8-4-5-9-17(16)23(25)28/h4-5,8-12,15,18H,2-3,6-7,13H2,1H3,(H2,24,26)/t18-/m1/s1.